The minimum Gasteiger partial charge on any atom is -0.313 e. The Morgan fingerprint density at radius 1 is 1.00 bits per heavy atom. The van der Waals surface area contributed by atoms with E-state index < -0.39 is 6.17 Å². The molecule has 2 heterocycles. The number of likely N-dealkylation sites (tertiary alicyclic amines) is 1. The SMILES string of the molecule is N#CC1CCC(C2CCCC(CN3C[C@H]4C[C@@H]3CCN4)C2C2CC2)CC1F. The van der Waals surface area contributed by atoms with E-state index in [9.17, 15) is 9.65 Å². The summed E-state index contributed by atoms with van der Waals surface area (Å²) in [7, 11) is 0. The van der Waals surface area contributed by atoms with Crippen LogP contribution in [0.5, 0.6) is 0 Å². The van der Waals surface area contributed by atoms with Gasteiger partial charge in [-0.2, -0.15) is 5.26 Å². The summed E-state index contributed by atoms with van der Waals surface area (Å²) in [5, 5.41) is 12.9. The first-order valence-electron chi connectivity index (χ1n) is 11.7. The van der Waals surface area contributed by atoms with E-state index in [1.807, 2.05) is 0 Å². The number of nitriles is 1. The fraction of sp³-hybridized carbons (Fsp3) is 0.957. The van der Waals surface area contributed by atoms with Gasteiger partial charge in [0.2, 0.25) is 0 Å². The molecule has 0 aromatic carbocycles. The Morgan fingerprint density at radius 2 is 1.85 bits per heavy atom. The molecule has 0 aromatic heterocycles. The molecule has 5 aliphatic rings. The van der Waals surface area contributed by atoms with Crippen LogP contribution in [0.15, 0.2) is 0 Å². The highest BCUT2D eigenvalue weighted by Gasteiger charge is 2.48. The minimum absolute atomic E-state index is 0.337. The second kappa shape index (κ2) is 7.64. The molecule has 150 valence electrons. The lowest BCUT2D eigenvalue weighted by Crippen LogP contribution is -2.43. The summed E-state index contributed by atoms with van der Waals surface area (Å²) in [6.07, 6.45) is 11.2. The van der Waals surface area contributed by atoms with E-state index in [0.29, 0.717) is 12.3 Å². The number of fused-ring (bicyclic) bond motifs is 2. The predicted molar refractivity (Wildman–Crippen MR) is 105 cm³/mol. The molecule has 0 amide bonds. The van der Waals surface area contributed by atoms with Gasteiger partial charge in [-0.3, -0.25) is 4.90 Å². The van der Waals surface area contributed by atoms with Gasteiger partial charge in [0.25, 0.3) is 0 Å². The van der Waals surface area contributed by atoms with Crippen LogP contribution >= 0.6 is 0 Å². The second-order valence-electron chi connectivity index (χ2n) is 10.4. The molecule has 3 saturated carbocycles. The molecule has 0 spiro atoms. The standard InChI is InChI=1S/C23H36FN3/c24-22-10-16(6-7-17(22)12-25)21-3-1-2-18(23(21)15-4-5-15)13-27-14-19-11-20(27)8-9-26-19/h15-23,26H,1-11,13-14H2/t16?,17?,18?,19-,20+,21?,22?,23?/m1/s1. The van der Waals surface area contributed by atoms with Gasteiger partial charge < -0.3 is 5.32 Å². The molecule has 3 nitrogen and oxygen atoms in total. The van der Waals surface area contributed by atoms with Crippen molar-refractivity contribution in [1.29, 1.82) is 5.26 Å². The van der Waals surface area contributed by atoms with Gasteiger partial charge in [0.05, 0.1) is 12.0 Å². The molecule has 2 saturated heterocycles. The van der Waals surface area contributed by atoms with Gasteiger partial charge in [0, 0.05) is 25.2 Å². The van der Waals surface area contributed by atoms with Crippen LogP contribution in [-0.4, -0.2) is 42.8 Å². The lowest BCUT2D eigenvalue weighted by molar-refractivity contribution is 0.0206. The van der Waals surface area contributed by atoms with Crippen molar-refractivity contribution < 1.29 is 4.39 Å². The van der Waals surface area contributed by atoms with E-state index in [2.05, 4.69) is 16.3 Å². The van der Waals surface area contributed by atoms with Crippen molar-refractivity contribution in [1.82, 2.24) is 10.2 Å². The van der Waals surface area contributed by atoms with Crippen molar-refractivity contribution in [2.45, 2.75) is 82.5 Å². The van der Waals surface area contributed by atoms with Crippen LogP contribution in [0.4, 0.5) is 4.39 Å². The molecular weight excluding hydrogens is 337 g/mol. The first-order chi connectivity index (χ1) is 13.2. The van der Waals surface area contributed by atoms with Gasteiger partial charge in [0.15, 0.2) is 0 Å². The average Bonchev–Trinajstić information content (AvgIpc) is 3.48. The van der Waals surface area contributed by atoms with E-state index >= 15 is 0 Å². The highest BCUT2D eigenvalue weighted by atomic mass is 19.1. The lowest BCUT2D eigenvalue weighted by atomic mass is 9.61. The molecule has 2 bridgehead atoms. The molecule has 0 aromatic rings. The van der Waals surface area contributed by atoms with E-state index in [1.54, 1.807) is 0 Å². The van der Waals surface area contributed by atoms with Crippen LogP contribution < -0.4 is 5.32 Å². The van der Waals surface area contributed by atoms with Crippen molar-refractivity contribution >= 4 is 0 Å². The minimum atomic E-state index is -0.877. The lowest BCUT2D eigenvalue weighted by Gasteiger charge is -2.46. The van der Waals surface area contributed by atoms with Crippen LogP contribution in [-0.2, 0) is 0 Å². The Hall–Kier alpha value is -0.660. The number of hydrogen-bond acceptors (Lipinski definition) is 3. The number of alkyl halides is 1. The Morgan fingerprint density at radius 3 is 2.59 bits per heavy atom. The smallest absolute Gasteiger partial charge is 0.116 e. The zero-order valence-corrected chi connectivity index (χ0v) is 16.7. The third-order valence-corrected chi connectivity index (χ3v) is 8.81. The molecular formula is C23H36FN3. The van der Waals surface area contributed by atoms with Gasteiger partial charge in [0.1, 0.15) is 6.17 Å². The quantitative estimate of drug-likeness (QED) is 0.805. The van der Waals surface area contributed by atoms with Gasteiger partial charge in [-0.25, -0.2) is 4.39 Å². The first kappa shape index (κ1) is 18.4. The third-order valence-electron chi connectivity index (χ3n) is 8.81. The van der Waals surface area contributed by atoms with E-state index in [4.69, 9.17) is 0 Å². The van der Waals surface area contributed by atoms with Gasteiger partial charge in [-0.05, 0) is 93.9 Å². The van der Waals surface area contributed by atoms with Crippen LogP contribution in [0.3, 0.4) is 0 Å². The second-order valence-corrected chi connectivity index (χ2v) is 10.4. The molecule has 4 heteroatoms. The Kier molecular flexibility index (Phi) is 5.20. The Balaban J connectivity index is 1.28. The molecule has 2 aliphatic heterocycles. The van der Waals surface area contributed by atoms with E-state index in [-0.39, 0.29) is 5.92 Å². The number of nitrogens with one attached hydrogen (secondary N) is 1. The maximum absolute atomic E-state index is 14.5. The number of piperidine rings is 1. The fourth-order valence-electron chi connectivity index (χ4n) is 7.42. The van der Waals surface area contributed by atoms with Crippen LogP contribution in [0.2, 0.25) is 0 Å². The van der Waals surface area contributed by atoms with Crippen molar-refractivity contribution in [2.24, 2.45) is 35.5 Å². The number of halogens is 1. The predicted octanol–water partition coefficient (Wildman–Crippen LogP) is 4.14. The monoisotopic (exact) mass is 373 g/mol. The van der Waals surface area contributed by atoms with Crippen LogP contribution in [0, 0.1) is 46.8 Å². The normalized spacial score (nSPS) is 48.3. The topological polar surface area (TPSA) is 39.1 Å². The van der Waals surface area contributed by atoms with Gasteiger partial charge >= 0.3 is 0 Å². The van der Waals surface area contributed by atoms with Gasteiger partial charge in [-0.1, -0.05) is 6.42 Å². The molecule has 1 N–H and O–H groups in total. The maximum atomic E-state index is 14.5. The average molecular weight is 374 g/mol. The number of hydrogen-bond donors (Lipinski definition) is 1. The molecule has 6 unspecified atom stereocenters. The largest absolute Gasteiger partial charge is 0.313 e. The van der Waals surface area contributed by atoms with Crippen molar-refractivity contribution in [3.8, 4) is 6.07 Å². The zero-order chi connectivity index (χ0) is 18.4. The summed E-state index contributed by atoms with van der Waals surface area (Å²) in [5.74, 6) is 3.53. The molecule has 27 heavy (non-hydrogen) atoms. The summed E-state index contributed by atoms with van der Waals surface area (Å²) >= 11 is 0. The maximum Gasteiger partial charge on any atom is 0.116 e. The summed E-state index contributed by atoms with van der Waals surface area (Å²) in [4.78, 5) is 2.82. The van der Waals surface area contributed by atoms with Crippen LogP contribution in [0.25, 0.3) is 0 Å². The molecule has 3 aliphatic carbocycles. The Bertz CT molecular complexity index is 570. The van der Waals surface area contributed by atoms with Crippen molar-refractivity contribution in [3.05, 3.63) is 0 Å². The fourth-order valence-corrected chi connectivity index (χ4v) is 7.42. The Labute approximate surface area is 164 Å². The highest BCUT2D eigenvalue weighted by molar-refractivity contribution is 5.01. The van der Waals surface area contributed by atoms with Crippen molar-refractivity contribution in [3.63, 3.8) is 0 Å². The third kappa shape index (κ3) is 3.67. The summed E-state index contributed by atoms with van der Waals surface area (Å²) in [5.41, 5.74) is 0. The first-order valence-corrected chi connectivity index (χ1v) is 11.7. The highest BCUT2D eigenvalue weighted by Crippen LogP contribution is 2.54. The van der Waals surface area contributed by atoms with E-state index in [0.717, 1.165) is 48.6 Å². The zero-order valence-electron chi connectivity index (χ0n) is 16.7. The molecule has 0 radical (unpaired) electrons. The molecule has 5 rings (SSSR count). The summed E-state index contributed by atoms with van der Waals surface area (Å²) < 4.78 is 14.5. The molecule has 5 fully saturated rings. The van der Waals surface area contributed by atoms with Crippen molar-refractivity contribution in [2.75, 3.05) is 19.6 Å². The number of rotatable bonds is 4. The molecule has 8 atom stereocenters. The van der Waals surface area contributed by atoms with E-state index in [1.165, 1.54) is 64.6 Å². The summed E-state index contributed by atoms with van der Waals surface area (Å²) in [6, 6.07) is 3.76. The van der Waals surface area contributed by atoms with Crippen LogP contribution in [0.1, 0.15) is 64.2 Å². The number of nitrogens with zero attached hydrogens (tertiary/aromatic N) is 2. The summed E-state index contributed by atoms with van der Waals surface area (Å²) in [6.45, 7) is 3.75. The van der Waals surface area contributed by atoms with Gasteiger partial charge in [-0.15, -0.1) is 0 Å².